The zero-order valence-corrected chi connectivity index (χ0v) is 17.3. The Balaban J connectivity index is 1.95. The summed E-state index contributed by atoms with van der Waals surface area (Å²) in [6.07, 6.45) is 2.31. The number of allylic oxidation sites excluding steroid dienone is 2. The number of ketones is 2. The predicted octanol–water partition coefficient (Wildman–Crippen LogP) is 5.34. The van der Waals surface area contributed by atoms with Crippen molar-refractivity contribution in [3.05, 3.63) is 44.6 Å². The zero-order chi connectivity index (χ0) is 19.7. The minimum absolute atomic E-state index is 0.0595. The SMILES string of the molecule is CC1CC(=O)C2=C(C1)Oc1c(C#N)c3c(c4cc(Br)cc2c14)C(=O)CC(C)C3. The maximum Gasteiger partial charge on any atom is 0.167 e. The molecule has 28 heavy (non-hydrogen) atoms. The topological polar surface area (TPSA) is 67.2 Å². The van der Waals surface area contributed by atoms with E-state index in [9.17, 15) is 14.9 Å². The van der Waals surface area contributed by atoms with E-state index in [0.717, 1.165) is 26.4 Å². The minimum atomic E-state index is 0.0595. The molecule has 5 rings (SSSR count). The van der Waals surface area contributed by atoms with Crippen molar-refractivity contribution in [1.29, 1.82) is 5.26 Å². The summed E-state index contributed by atoms with van der Waals surface area (Å²) in [6.45, 7) is 4.07. The molecule has 0 fully saturated rings. The van der Waals surface area contributed by atoms with Crippen molar-refractivity contribution in [2.24, 2.45) is 11.8 Å². The third-order valence-corrected chi connectivity index (χ3v) is 6.49. The molecule has 0 bridgehead atoms. The Morgan fingerprint density at radius 2 is 1.79 bits per heavy atom. The highest BCUT2D eigenvalue weighted by Crippen LogP contribution is 2.50. The lowest BCUT2D eigenvalue weighted by Crippen LogP contribution is -2.25. The Kier molecular flexibility index (Phi) is 3.79. The number of hydrogen-bond acceptors (Lipinski definition) is 4. The fraction of sp³-hybridized carbons (Fsp3) is 0.348. The Hall–Kier alpha value is -2.45. The van der Waals surface area contributed by atoms with E-state index in [0.29, 0.717) is 53.9 Å². The van der Waals surface area contributed by atoms with Crippen molar-refractivity contribution in [3.8, 4) is 11.8 Å². The van der Waals surface area contributed by atoms with Crippen molar-refractivity contribution in [2.45, 2.75) is 39.5 Å². The molecule has 2 atom stereocenters. The van der Waals surface area contributed by atoms with Crippen LogP contribution in [0.25, 0.3) is 16.3 Å². The van der Waals surface area contributed by atoms with Gasteiger partial charge in [-0.2, -0.15) is 5.26 Å². The number of hydrogen-bond donors (Lipinski definition) is 0. The van der Waals surface area contributed by atoms with E-state index in [1.54, 1.807) is 0 Å². The molecule has 5 heteroatoms. The highest BCUT2D eigenvalue weighted by Gasteiger charge is 2.37. The lowest BCUT2D eigenvalue weighted by molar-refractivity contribution is -0.115. The van der Waals surface area contributed by atoms with Gasteiger partial charge in [0.2, 0.25) is 0 Å². The normalized spacial score (nSPS) is 23.2. The van der Waals surface area contributed by atoms with E-state index in [1.165, 1.54) is 0 Å². The number of Topliss-reactive ketones (excluding diaryl/α,β-unsaturated/α-hetero) is 2. The van der Waals surface area contributed by atoms with E-state index in [1.807, 2.05) is 26.0 Å². The lowest BCUT2D eigenvalue weighted by Gasteiger charge is -2.32. The molecule has 1 aliphatic heterocycles. The molecule has 2 aromatic carbocycles. The minimum Gasteiger partial charge on any atom is -0.459 e. The second-order valence-electron chi connectivity index (χ2n) is 8.32. The highest BCUT2D eigenvalue weighted by atomic mass is 79.9. The number of benzene rings is 2. The van der Waals surface area contributed by atoms with Gasteiger partial charge in [-0.05, 0) is 41.3 Å². The number of nitrogens with zero attached hydrogens (tertiary/aromatic N) is 1. The Labute approximate surface area is 171 Å². The van der Waals surface area contributed by atoms with Gasteiger partial charge < -0.3 is 4.74 Å². The fourth-order valence-corrected chi connectivity index (χ4v) is 5.42. The number of rotatable bonds is 0. The van der Waals surface area contributed by atoms with Gasteiger partial charge in [-0.1, -0.05) is 29.8 Å². The van der Waals surface area contributed by atoms with Crippen LogP contribution in [-0.4, -0.2) is 11.6 Å². The maximum absolute atomic E-state index is 13.0. The number of fused-ring (bicyclic) bond motifs is 3. The molecule has 4 nitrogen and oxygen atoms in total. The van der Waals surface area contributed by atoms with Crippen LogP contribution in [0.5, 0.6) is 5.75 Å². The molecule has 0 radical (unpaired) electrons. The van der Waals surface area contributed by atoms with Crippen LogP contribution in [0.3, 0.4) is 0 Å². The van der Waals surface area contributed by atoms with Gasteiger partial charge in [0, 0.05) is 40.2 Å². The molecule has 0 N–H and O–H groups in total. The lowest BCUT2D eigenvalue weighted by atomic mass is 9.76. The van der Waals surface area contributed by atoms with Crippen LogP contribution in [0.15, 0.2) is 22.4 Å². The number of carbonyl (C=O) groups is 2. The molecule has 0 amide bonds. The zero-order valence-electron chi connectivity index (χ0n) is 15.7. The van der Waals surface area contributed by atoms with Gasteiger partial charge in [-0.25, -0.2) is 0 Å². The van der Waals surface area contributed by atoms with E-state index < -0.39 is 0 Å². The van der Waals surface area contributed by atoms with Crippen LogP contribution in [0.1, 0.15) is 60.2 Å². The van der Waals surface area contributed by atoms with E-state index in [2.05, 4.69) is 22.0 Å². The van der Waals surface area contributed by atoms with Crippen LogP contribution in [0.2, 0.25) is 0 Å². The van der Waals surface area contributed by atoms with Gasteiger partial charge >= 0.3 is 0 Å². The Morgan fingerprint density at radius 3 is 2.54 bits per heavy atom. The third-order valence-electron chi connectivity index (χ3n) is 6.03. The standard InChI is InChI=1S/C23H18BrNO3/c1-10-3-13-16(9-25)23-21-14(20(13)17(26)4-10)7-12(24)8-15(21)22-18(27)5-11(2)6-19(22)28-23/h7-8,10-11H,3-6H2,1-2H3. The van der Waals surface area contributed by atoms with Crippen molar-refractivity contribution in [1.82, 2.24) is 0 Å². The first-order valence-corrected chi connectivity index (χ1v) is 10.4. The Morgan fingerprint density at radius 1 is 1.07 bits per heavy atom. The van der Waals surface area contributed by atoms with Crippen LogP contribution in [0, 0.1) is 23.2 Å². The van der Waals surface area contributed by atoms with Crippen molar-refractivity contribution < 1.29 is 14.3 Å². The van der Waals surface area contributed by atoms with Gasteiger partial charge in [-0.3, -0.25) is 9.59 Å². The molecule has 2 aliphatic carbocycles. The second-order valence-corrected chi connectivity index (χ2v) is 9.23. The molecule has 3 aliphatic rings. The monoisotopic (exact) mass is 435 g/mol. The quantitative estimate of drug-likeness (QED) is 0.559. The van der Waals surface area contributed by atoms with E-state index in [4.69, 9.17) is 4.74 Å². The summed E-state index contributed by atoms with van der Waals surface area (Å²) in [4.78, 5) is 25.8. The van der Waals surface area contributed by atoms with Crippen molar-refractivity contribution in [3.63, 3.8) is 0 Å². The summed E-state index contributed by atoms with van der Waals surface area (Å²) in [7, 11) is 0. The molecule has 0 saturated heterocycles. The number of carbonyl (C=O) groups excluding carboxylic acids is 2. The first kappa shape index (κ1) is 17.6. The summed E-state index contributed by atoms with van der Waals surface area (Å²) < 4.78 is 7.08. The van der Waals surface area contributed by atoms with Gasteiger partial charge in [0.1, 0.15) is 11.8 Å². The fourth-order valence-electron chi connectivity index (χ4n) is 4.96. The van der Waals surface area contributed by atoms with E-state index >= 15 is 0 Å². The van der Waals surface area contributed by atoms with E-state index in [-0.39, 0.29) is 23.4 Å². The number of nitriles is 1. The molecule has 0 aromatic heterocycles. The largest absolute Gasteiger partial charge is 0.459 e. The molecular weight excluding hydrogens is 418 g/mol. The molecule has 0 spiro atoms. The molecular formula is C23H18BrNO3. The van der Waals surface area contributed by atoms with Crippen molar-refractivity contribution >= 4 is 43.8 Å². The molecule has 1 heterocycles. The van der Waals surface area contributed by atoms with Gasteiger partial charge in [0.25, 0.3) is 0 Å². The highest BCUT2D eigenvalue weighted by molar-refractivity contribution is 9.10. The maximum atomic E-state index is 13.0. The smallest absolute Gasteiger partial charge is 0.167 e. The molecule has 140 valence electrons. The number of ether oxygens (including phenoxy) is 1. The van der Waals surface area contributed by atoms with Crippen molar-refractivity contribution in [2.75, 3.05) is 0 Å². The average Bonchev–Trinajstić information content (AvgIpc) is 2.60. The molecule has 2 unspecified atom stereocenters. The van der Waals surface area contributed by atoms with Gasteiger partial charge in [-0.15, -0.1) is 0 Å². The van der Waals surface area contributed by atoms with Crippen LogP contribution >= 0.6 is 15.9 Å². The second kappa shape index (κ2) is 6.02. The Bertz CT molecular complexity index is 1190. The first-order chi connectivity index (χ1) is 13.4. The summed E-state index contributed by atoms with van der Waals surface area (Å²) in [5.41, 5.74) is 3.25. The summed E-state index contributed by atoms with van der Waals surface area (Å²) in [6, 6.07) is 6.14. The molecule has 2 aromatic rings. The first-order valence-electron chi connectivity index (χ1n) is 9.59. The summed E-state index contributed by atoms with van der Waals surface area (Å²) >= 11 is 3.57. The third kappa shape index (κ3) is 2.34. The van der Waals surface area contributed by atoms with Crippen LogP contribution < -0.4 is 4.74 Å². The summed E-state index contributed by atoms with van der Waals surface area (Å²) in [5, 5.41) is 11.5. The average molecular weight is 436 g/mol. The van der Waals surface area contributed by atoms with Crippen LogP contribution in [0.4, 0.5) is 0 Å². The molecule has 0 saturated carbocycles. The predicted molar refractivity (Wildman–Crippen MR) is 109 cm³/mol. The van der Waals surface area contributed by atoms with Crippen LogP contribution in [-0.2, 0) is 11.2 Å². The number of halogens is 1. The summed E-state index contributed by atoms with van der Waals surface area (Å²) in [5.74, 6) is 1.70. The van der Waals surface area contributed by atoms with Gasteiger partial charge in [0.15, 0.2) is 17.3 Å². The van der Waals surface area contributed by atoms with Gasteiger partial charge in [0.05, 0.1) is 11.1 Å².